The third-order valence-electron chi connectivity index (χ3n) is 5.38. The second-order valence-electron chi connectivity index (χ2n) is 6.89. The van der Waals surface area contributed by atoms with Crippen molar-refractivity contribution in [3.05, 3.63) is 71.4 Å². The van der Waals surface area contributed by atoms with E-state index in [2.05, 4.69) is 59.4 Å². The molecule has 1 atom stereocenters. The minimum Gasteiger partial charge on any atom is -0.347 e. The van der Waals surface area contributed by atoms with E-state index >= 15 is 0 Å². The van der Waals surface area contributed by atoms with Crippen molar-refractivity contribution in [2.45, 2.75) is 18.3 Å². The van der Waals surface area contributed by atoms with Gasteiger partial charge in [-0.15, -0.1) is 0 Å². The molecule has 0 radical (unpaired) electrons. The Bertz CT molecular complexity index is 873. The van der Waals surface area contributed by atoms with Crippen LogP contribution in [0.15, 0.2) is 54.6 Å². The van der Waals surface area contributed by atoms with E-state index in [9.17, 15) is 4.79 Å². The molecule has 0 bridgehead atoms. The van der Waals surface area contributed by atoms with Crippen molar-refractivity contribution < 1.29 is 4.79 Å². The molecule has 4 rings (SSSR count). The molecule has 0 saturated carbocycles. The Morgan fingerprint density at radius 2 is 2.00 bits per heavy atom. The molecule has 3 heteroatoms. The minimum absolute atomic E-state index is 0.108. The Morgan fingerprint density at radius 3 is 2.71 bits per heavy atom. The van der Waals surface area contributed by atoms with Gasteiger partial charge in [0.25, 0.3) is 0 Å². The summed E-state index contributed by atoms with van der Waals surface area (Å²) in [6.07, 6.45) is 3.08. The van der Waals surface area contributed by atoms with Gasteiger partial charge in [-0.05, 0) is 49.2 Å². The molecule has 0 amide bonds. The predicted molar refractivity (Wildman–Crippen MR) is 97.6 cm³/mol. The van der Waals surface area contributed by atoms with Crippen molar-refractivity contribution in [1.82, 2.24) is 9.88 Å². The van der Waals surface area contributed by atoms with Gasteiger partial charge in [-0.3, -0.25) is 4.79 Å². The van der Waals surface area contributed by atoms with Gasteiger partial charge in [0.1, 0.15) is 6.29 Å². The molecule has 2 aromatic carbocycles. The van der Waals surface area contributed by atoms with Crippen molar-refractivity contribution in [3.63, 3.8) is 0 Å². The molecule has 1 aliphatic rings. The highest BCUT2D eigenvalue weighted by Crippen LogP contribution is 2.37. The number of aldehydes is 1. The number of fused-ring (bicyclic) bond motifs is 1. The molecule has 0 spiro atoms. The number of aromatic nitrogens is 1. The second kappa shape index (κ2) is 5.91. The fourth-order valence-electron chi connectivity index (χ4n) is 4.14. The van der Waals surface area contributed by atoms with E-state index in [0.29, 0.717) is 0 Å². The lowest BCUT2D eigenvalue weighted by Crippen LogP contribution is -2.33. The zero-order valence-electron chi connectivity index (χ0n) is 14.0. The molecule has 1 fully saturated rings. The maximum Gasteiger partial charge on any atom is 0.150 e. The molecule has 2 heterocycles. The average molecular weight is 318 g/mol. The first-order chi connectivity index (χ1) is 11.7. The molecule has 122 valence electrons. The van der Waals surface area contributed by atoms with Crippen LogP contribution < -0.4 is 5.32 Å². The fourth-order valence-corrected chi connectivity index (χ4v) is 4.14. The molecule has 1 aromatic heterocycles. The third kappa shape index (κ3) is 2.45. The van der Waals surface area contributed by atoms with Gasteiger partial charge < -0.3 is 9.88 Å². The van der Waals surface area contributed by atoms with Crippen molar-refractivity contribution in [3.8, 4) is 0 Å². The topological polar surface area (TPSA) is 34.0 Å². The predicted octanol–water partition coefficient (Wildman–Crippen LogP) is 3.46. The SMILES string of the molecule is Cn1c(C2(Cc3ccccc3)CCNC2)cc2cc(C=O)ccc21. The monoisotopic (exact) mass is 318 g/mol. The molecular formula is C21H22N2O. The van der Waals surface area contributed by atoms with Crippen LogP contribution in [0.25, 0.3) is 10.9 Å². The van der Waals surface area contributed by atoms with E-state index in [1.807, 2.05) is 12.1 Å². The smallest absolute Gasteiger partial charge is 0.150 e. The normalized spacial score (nSPS) is 20.5. The van der Waals surface area contributed by atoms with Crippen LogP contribution in [0.4, 0.5) is 0 Å². The number of benzene rings is 2. The Labute approximate surface area is 142 Å². The van der Waals surface area contributed by atoms with Crippen molar-refractivity contribution in [2.24, 2.45) is 7.05 Å². The summed E-state index contributed by atoms with van der Waals surface area (Å²) in [7, 11) is 2.14. The summed E-state index contributed by atoms with van der Waals surface area (Å²) in [5.74, 6) is 0. The summed E-state index contributed by atoms with van der Waals surface area (Å²) < 4.78 is 2.31. The van der Waals surface area contributed by atoms with E-state index in [1.165, 1.54) is 16.8 Å². The lowest BCUT2D eigenvalue weighted by molar-refractivity contribution is 0.112. The summed E-state index contributed by atoms with van der Waals surface area (Å²) in [5, 5.41) is 4.71. The highest BCUT2D eigenvalue weighted by molar-refractivity contribution is 5.88. The van der Waals surface area contributed by atoms with Crippen LogP contribution in [0.5, 0.6) is 0 Å². The fraction of sp³-hybridized carbons (Fsp3) is 0.286. The van der Waals surface area contributed by atoms with Crippen LogP contribution in [0, 0.1) is 0 Å². The Morgan fingerprint density at radius 1 is 1.17 bits per heavy atom. The van der Waals surface area contributed by atoms with Crippen LogP contribution >= 0.6 is 0 Å². The van der Waals surface area contributed by atoms with Gasteiger partial charge in [-0.2, -0.15) is 0 Å². The minimum atomic E-state index is 0.108. The van der Waals surface area contributed by atoms with Crippen molar-refractivity contribution >= 4 is 17.2 Å². The standard InChI is InChI=1S/C21H22N2O/c1-23-19-8-7-17(14-24)11-18(19)12-20(23)21(9-10-22-15-21)13-16-5-3-2-4-6-16/h2-8,11-12,14,22H,9-10,13,15H2,1H3. The molecule has 3 aromatic rings. The van der Waals surface area contributed by atoms with Gasteiger partial charge in [0.15, 0.2) is 0 Å². The van der Waals surface area contributed by atoms with Crippen LogP contribution in [0.2, 0.25) is 0 Å². The number of carbonyl (C=O) groups is 1. The molecule has 1 unspecified atom stereocenters. The quantitative estimate of drug-likeness (QED) is 0.748. The summed E-state index contributed by atoms with van der Waals surface area (Å²) in [4.78, 5) is 11.1. The third-order valence-corrected chi connectivity index (χ3v) is 5.38. The first kappa shape index (κ1) is 15.2. The molecule has 0 aliphatic carbocycles. The molecular weight excluding hydrogens is 296 g/mol. The van der Waals surface area contributed by atoms with E-state index in [4.69, 9.17) is 0 Å². The summed E-state index contributed by atoms with van der Waals surface area (Å²) in [5.41, 5.74) is 4.77. The number of carbonyl (C=O) groups excluding carboxylic acids is 1. The van der Waals surface area contributed by atoms with Gasteiger partial charge >= 0.3 is 0 Å². The van der Waals surface area contributed by atoms with Crippen molar-refractivity contribution in [1.29, 1.82) is 0 Å². The van der Waals surface area contributed by atoms with E-state index < -0.39 is 0 Å². The molecule has 1 saturated heterocycles. The number of rotatable bonds is 4. The molecule has 24 heavy (non-hydrogen) atoms. The zero-order chi connectivity index (χ0) is 16.6. The highest BCUT2D eigenvalue weighted by atomic mass is 16.1. The van der Waals surface area contributed by atoms with Crippen LogP contribution in [-0.2, 0) is 18.9 Å². The van der Waals surface area contributed by atoms with Gasteiger partial charge in [0.2, 0.25) is 0 Å². The Balaban J connectivity index is 1.82. The number of nitrogens with one attached hydrogen (secondary N) is 1. The van der Waals surface area contributed by atoms with Gasteiger partial charge in [-0.25, -0.2) is 0 Å². The van der Waals surface area contributed by atoms with E-state index in [-0.39, 0.29) is 5.41 Å². The average Bonchev–Trinajstić information content (AvgIpc) is 3.21. The van der Waals surface area contributed by atoms with Crippen LogP contribution in [0.1, 0.15) is 28.0 Å². The zero-order valence-corrected chi connectivity index (χ0v) is 14.0. The van der Waals surface area contributed by atoms with Crippen LogP contribution in [-0.4, -0.2) is 23.9 Å². The van der Waals surface area contributed by atoms with Crippen molar-refractivity contribution in [2.75, 3.05) is 13.1 Å². The molecule has 1 aliphatic heterocycles. The highest BCUT2D eigenvalue weighted by Gasteiger charge is 2.38. The van der Waals surface area contributed by atoms with Crippen LogP contribution in [0.3, 0.4) is 0 Å². The van der Waals surface area contributed by atoms with Gasteiger partial charge in [0.05, 0.1) is 0 Å². The number of aryl methyl sites for hydroxylation is 1. The first-order valence-corrected chi connectivity index (χ1v) is 8.52. The van der Waals surface area contributed by atoms with E-state index in [0.717, 1.165) is 43.2 Å². The molecule has 3 nitrogen and oxygen atoms in total. The Kier molecular flexibility index (Phi) is 3.73. The summed E-state index contributed by atoms with van der Waals surface area (Å²) in [6, 6.07) is 19.0. The maximum atomic E-state index is 11.1. The lowest BCUT2D eigenvalue weighted by atomic mass is 9.77. The maximum absolute atomic E-state index is 11.1. The number of hydrogen-bond acceptors (Lipinski definition) is 2. The first-order valence-electron chi connectivity index (χ1n) is 8.52. The van der Waals surface area contributed by atoms with Gasteiger partial charge in [-0.1, -0.05) is 30.3 Å². The molecule has 1 N–H and O–H groups in total. The second-order valence-corrected chi connectivity index (χ2v) is 6.89. The Hall–Kier alpha value is -2.39. The summed E-state index contributed by atoms with van der Waals surface area (Å²) in [6.45, 7) is 2.04. The van der Waals surface area contributed by atoms with E-state index in [1.54, 1.807) is 0 Å². The lowest BCUT2D eigenvalue weighted by Gasteiger charge is -2.29. The largest absolute Gasteiger partial charge is 0.347 e. The number of hydrogen-bond donors (Lipinski definition) is 1. The van der Waals surface area contributed by atoms with Gasteiger partial charge in [0, 0.05) is 41.2 Å². The summed E-state index contributed by atoms with van der Waals surface area (Å²) >= 11 is 0. The number of nitrogens with zero attached hydrogens (tertiary/aromatic N) is 1.